The van der Waals surface area contributed by atoms with Gasteiger partial charge in [-0.15, -0.1) is 0 Å². The first-order valence-corrected chi connectivity index (χ1v) is 10.6. The summed E-state index contributed by atoms with van der Waals surface area (Å²) in [6.45, 7) is 8.77. The minimum Gasteiger partial charge on any atom is -0.372 e. The molecular formula is C25H27FN2O3. The number of hydrogen-bond donors (Lipinski definition) is 0. The van der Waals surface area contributed by atoms with Crippen LogP contribution in [0.1, 0.15) is 36.1 Å². The molecule has 2 aliphatic heterocycles. The average Bonchev–Trinajstić information content (AvgIpc) is 2.93. The molecule has 1 fully saturated rings. The van der Waals surface area contributed by atoms with Crippen molar-refractivity contribution in [3.8, 4) is 0 Å². The van der Waals surface area contributed by atoms with Crippen molar-refractivity contribution in [3.63, 3.8) is 0 Å². The lowest BCUT2D eigenvalue weighted by Gasteiger charge is -2.37. The molecule has 2 unspecified atom stereocenters. The highest BCUT2D eigenvalue weighted by atomic mass is 19.1. The molecule has 2 amide bonds. The molecule has 2 aliphatic rings. The van der Waals surface area contributed by atoms with Crippen LogP contribution in [0, 0.1) is 19.7 Å². The van der Waals surface area contributed by atoms with Crippen LogP contribution in [0.15, 0.2) is 48.2 Å². The van der Waals surface area contributed by atoms with Gasteiger partial charge in [0.05, 0.1) is 24.3 Å². The SMILES string of the molecule is Cc1ccc(C2=C(N3CC(C)OC(C)C3)C(=O)N(Cc3ccccc3F)C2=O)c(C)c1. The number of carbonyl (C=O) groups excluding carboxylic acids is 2. The summed E-state index contributed by atoms with van der Waals surface area (Å²) >= 11 is 0. The van der Waals surface area contributed by atoms with Crippen molar-refractivity contribution in [3.05, 3.63) is 76.2 Å². The number of nitrogens with zero attached hydrogens (tertiary/aromatic N) is 2. The fourth-order valence-electron chi connectivity index (χ4n) is 4.49. The van der Waals surface area contributed by atoms with Gasteiger partial charge >= 0.3 is 0 Å². The Morgan fingerprint density at radius 2 is 1.68 bits per heavy atom. The van der Waals surface area contributed by atoms with Crippen LogP contribution in [0.5, 0.6) is 0 Å². The van der Waals surface area contributed by atoms with E-state index in [1.807, 2.05) is 50.8 Å². The van der Waals surface area contributed by atoms with E-state index in [0.29, 0.717) is 29.9 Å². The average molecular weight is 423 g/mol. The lowest BCUT2D eigenvalue weighted by molar-refractivity contribution is -0.139. The van der Waals surface area contributed by atoms with E-state index in [4.69, 9.17) is 4.74 Å². The summed E-state index contributed by atoms with van der Waals surface area (Å²) in [6.07, 6.45) is -0.139. The van der Waals surface area contributed by atoms with Crippen LogP contribution < -0.4 is 0 Å². The zero-order valence-electron chi connectivity index (χ0n) is 18.3. The molecule has 31 heavy (non-hydrogen) atoms. The van der Waals surface area contributed by atoms with Crippen LogP contribution in [-0.2, 0) is 20.9 Å². The summed E-state index contributed by atoms with van der Waals surface area (Å²) in [4.78, 5) is 30.2. The Balaban J connectivity index is 1.80. The molecular weight excluding hydrogens is 395 g/mol. The quantitative estimate of drug-likeness (QED) is 0.703. The molecule has 4 rings (SSSR count). The predicted octanol–water partition coefficient (Wildman–Crippen LogP) is 3.83. The molecule has 5 nitrogen and oxygen atoms in total. The highest BCUT2D eigenvalue weighted by Gasteiger charge is 2.43. The number of benzene rings is 2. The molecule has 0 bridgehead atoms. The first-order chi connectivity index (χ1) is 14.8. The van der Waals surface area contributed by atoms with Gasteiger partial charge in [-0.25, -0.2) is 4.39 Å². The molecule has 2 aromatic rings. The van der Waals surface area contributed by atoms with E-state index in [9.17, 15) is 14.0 Å². The molecule has 0 radical (unpaired) electrons. The molecule has 162 valence electrons. The van der Waals surface area contributed by atoms with Crippen LogP contribution in [0.3, 0.4) is 0 Å². The van der Waals surface area contributed by atoms with Crippen LogP contribution >= 0.6 is 0 Å². The lowest BCUT2D eigenvalue weighted by Crippen LogP contribution is -2.46. The third-order valence-electron chi connectivity index (χ3n) is 5.82. The molecule has 2 heterocycles. The Morgan fingerprint density at radius 1 is 1.00 bits per heavy atom. The van der Waals surface area contributed by atoms with Crippen molar-refractivity contribution in [1.29, 1.82) is 0 Å². The van der Waals surface area contributed by atoms with E-state index < -0.39 is 5.82 Å². The lowest BCUT2D eigenvalue weighted by atomic mass is 9.97. The number of hydrogen-bond acceptors (Lipinski definition) is 4. The molecule has 0 spiro atoms. The van der Waals surface area contributed by atoms with Gasteiger partial charge in [-0.2, -0.15) is 0 Å². The van der Waals surface area contributed by atoms with E-state index >= 15 is 0 Å². The van der Waals surface area contributed by atoms with Gasteiger partial charge in [0.1, 0.15) is 11.5 Å². The summed E-state index contributed by atoms with van der Waals surface area (Å²) in [5.41, 5.74) is 3.83. The van der Waals surface area contributed by atoms with Gasteiger partial charge in [0.25, 0.3) is 11.8 Å². The van der Waals surface area contributed by atoms with Crippen LogP contribution in [0.4, 0.5) is 4.39 Å². The second-order valence-electron chi connectivity index (χ2n) is 8.49. The van der Waals surface area contributed by atoms with Crippen molar-refractivity contribution in [2.24, 2.45) is 0 Å². The Morgan fingerprint density at radius 3 is 2.32 bits per heavy atom. The minimum atomic E-state index is -0.432. The summed E-state index contributed by atoms with van der Waals surface area (Å²) in [6, 6.07) is 12.1. The number of amides is 2. The van der Waals surface area contributed by atoms with Gasteiger partial charge in [-0.3, -0.25) is 14.5 Å². The van der Waals surface area contributed by atoms with E-state index in [0.717, 1.165) is 21.6 Å². The predicted molar refractivity (Wildman–Crippen MR) is 116 cm³/mol. The topological polar surface area (TPSA) is 49.9 Å². The van der Waals surface area contributed by atoms with Crippen molar-refractivity contribution < 1.29 is 18.7 Å². The van der Waals surface area contributed by atoms with Gasteiger partial charge in [0, 0.05) is 18.7 Å². The second-order valence-corrected chi connectivity index (χ2v) is 8.49. The third-order valence-corrected chi connectivity index (χ3v) is 5.82. The molecule has 1 saturated heterocycles. The molecule has 0 N–H and O–H groups in total. The Hall–Kier alpha value is -2.99. The van der Waals surface area contributed by atoms with Gasteiger partial charge in [-0.1, -0.05) is 42.0 Å². The van der Waals surface area contributed by atoms with Gasteiger partial charge in [0.2, 0.25) is 0 Å². The van der Waals surface area contributed by atoms with Crippen LogP contribution in [0.25, 0.3) is 5.57 Å². The largest absolute Gasteiger partial charge is 0.372 e. The molecule has 0 aliphatic carbocycles. The van der Waals surface area contributed by atoms with Crippen LogP contribution in [0.2, 0.25) is 0 Å². The number of carbonyl (C=O) groups is 2. The fraction of sp³-hybridized carbons (Fsp3) is 0.360. The Kier molecular flexibility index (Phi) is 5.67. The smallest absolute Gasteiger partial charge is 0.278 e. The van der Waals surface area contributed by atoms with Gasteiger partial charge in [-0.05, 0) is 44.9 Å². The molecule has 2 atom stereocenters. The van der Waals surface area contributed by atoms with Crippen LogP contribution in [-0.4, -0.2) is 46.9 Å². The Labute approximate surface area is 182 Å². The summed E-state index contributed by atoms with van der Waals surface area (Å²) in [7, 11) is 0. The monoisotopic (exact) mass is 422 g/mol. The maximum absolute atomic E-state index is 14.3. The van der Waals surface area contributed by atoms with E-state index in [-0.39, 0.29) is 30.6 Å². The first kappa shape index (κ1) is 21.2. The summed E-state index contributed by atoms with van der Waals surface area (Å²) in [5, 5.41) is 0. The number of rotatable bonds is 4. The van der Waals surface area contributed by atoms with Crippen molar-refractivity contribution in [1.82, 2.24) is 9.80 Å². The van der Waals surface area contributed by atoms with Crippen molar-refractivity contribution in [2.45, 2.75) is 46.4 Å². The van der Waals surface area contributed by atoms with Crippen molar-refractivity contribution >= 4 is 17.4 Å². The number of morpholine rings is 1. The van der Waals surface area contributed by atoms with Crippen molar-refractivity contribution in [2.75, 3.05) is 13.1 Å². The maximum atomic E-state index is 14.3. The number of halogens is 1. The first-order valence-electron chi connectivity index (χ1n) is 10.6. The molecule has 6 heteroatoms. The minimum absolute atomic E-state index is 0.0693. The zero-order chi connectivity index (χ0) is 22.3. The van der Waals surface area contributed by atoms with Gasteiger partial charge < -0.3 is 9.64 Å². The molecule has 0 saturated carbocycles. The third kappa shape index (κ3) is 4.00. The molecule has 0 aromatic heterocycles. The highest BCUT2D eigenvalue weighted by Crippen LogP contribution is 2.35. The summed E-state index contributed by atoms with van der Waals surface area (Å²) in [5.74, 6) is -1.20. The molecule has 2 aromatic carbocycles. The zero-order valence-corrected chi connectivity index (χ0v) is 18.3. The van der Waals surface area contributed by atoms with Gasteiger partial charge in [0.15, 0.2) is 0 Å². The summed E-state index contributed by atoms with van der Waals surface area (Å²) < 4.78 is 20.1. The van der Waals surface area contributed by atoms with E-state index in [1.165, 1.54) is 6.07 Å². The maximum Gasteiger partial charge on any atom is 0.278 e. The number of ether oxygens (including phenoxy) is 1. The number of aryl methyl sites for hydroxylation is 2. The standard InChI is InChI=1S/C25H27FN2O3/c1-15-9-10-20(16(2)11-15)22-23(27-12-17(3)31-18(4)13-27)25(30)28(24(22)29)14-19-7-5-6-8-21(19)26/h5-11,17-18H,12-14H2,1-4H3. The van der Waals surface area contributed by atoms with E-state index in [2.05, 4.69) is 0 Å². The highest BCUT2D eigenvalue weighted by molar-refractivity contribution is 6.35. The van der Waals surface area contributed by atoms with E-state index in [1.54, 1.807) is 18.2 Å². The fourth-order valence-corrected chi connectivity index (χ4v) is 4.49. The normalized spacial score (nSPS) is 22.0. The number of imide groups is 1. The Bertz CT molecular complexity index is 1070. The second kappa shape index (κ2) is 8.27.